The largest absolute Gasteiger partial charge is 0.393 e. The second-order valence-corrected chi connectivity index (χ2v) is 9.42. The molecule has 1 aliphatic heterocycles. The lowest BCUT2D eigenvalue weighted by molar-refractivity contribution is 0.0399. The maximum absolute atomic E-state index is 11.5. The van der Waals surface area contributed by atoms with Crippen molar-refractivity contribution >= 4 is 33.2 Å². The van der Waals surface area contributed by atoms with Crippen LogP contribution in [0.3, 0.4) is 0 Å². The summed E-state index contributed by atoms with van der Waals surface area (Å²) in [5, 5.41) is 9.83. The molecule has 0 aromatic carbocycles. The summed E-state index contributed by atoms with van der Waals surface area (Å²) in [6, 6.07) is -0.160. The highest BCUT2D eigenvalue weighted by molar-refractivity contribution is 7.88. The fourth-order valence-corrected chi connectivity index (χ4v) is 4.94. The summed E-state index contributed by atoms with van der Waals surface area (Å²) in [5.74, 6) is 0.163. The zero-order valence-electron chi connectivity index (χ0n) is 12.2. The number of aliphatic hydroxyl groups is 1. The van der Waals surface area contributed by atoms with Gasteiger partial charge in [0, 0.05) is 25.0 Å². The van der Waals surface area contributed by atoms with Gasteiger partial charge in [0.25, 0.3) is 0 Å². The van der Waals surface area contributed by atoms with Crippen LogP contribution in [0.15, 0.2) is 0 Å². The zero-order valence-corrected chi connectivity index (χ0v) is 14.5. The first kappa shape index (κ1) is 17.8. The van der Waals surface area contributed by atoms with Gasteiger partial charge in [-0.25, -0.2) is 12.7 Å². The van der Waals surface area contributed by atoms with E-state index in [4.69, 9.17) is 28.9 Å². The average molecular weight is 359 g/mol. The molecule has 1 saturated carbocycles. The lowest BCUT2D eigenvalue weighted by Crippen LogP contribution is -2.51. The summed E-state index contributed by atoms with van der Waals surface area (Å²) < 4.78 is 24.5. The normalized spacial score (nSPS) is 38.3. The van der Waals surface area contributed by atoms with Gasteiger partial charge in [-0.1, -0.05) is 0 Å². The first-order valence-corrected chi connectivity index (χ1v) is 10.1. The van der Waals surface area contributed by atoms with Crippen LogP contribution >= 0.6 is 23.2 Å². The first-order chi connectivity index (χ1) is 9.70. The van der Waals surface area contributed by atoms with Crippen molar-refractivity contribution in [3.8, 4) is 0 Å². The third kappa shape index (κ3) is 4.24. The number of nitrogens with zero attached hydrogens (tertiary/aromatic N) is 1. The van der Waals surface area contributed by atoms with E-state index in [1.54, 1.807) is 0 Å². The van der Waals surface area contributed by atoms with Crippen molar-refractivity contribution in [3.05, 3.63) is 0 Å². The minimum absolute atomic E-state index is 0.0581. The molecule has 3 N–H and O–H groups in total. The number of hydrogen-bond acceptors (Lipinski definition) is 4. The molecule has 1 heterocycles. The van der Waals surface area contributed by atoms with E-state index in [1.807, 2.05) is 0 Å². The summed E-state index contributed by atoms with van der Waals surface area (Å²) in [7, 11) is -3.12. The van der Waals surface area contributed by atoms with Crippen LogP contribution < -0.4 is 5.73 Å². The predicted octanol–water partition coefficient (Wildman–Crippen LogP) is 0.971. The number of piperidine rings is 1. The van der Waals surface area contributed by atoms with Crippen LogP contribution in [0.1, 0.15) is 25.7 Å². The van der Waals surface area contributed by atoms with Crippen molar-refractivity contribution in [2.45, 2.75) is 48.6 Å². The molecule has 0 radical (unpaired) electrons. The number of sulfonamides is 1. The van der Waals surface area contributed by atoms with Crippen molar-refractivity contribution in [1.29, 1.82) is 0 Å². The Morgan fingerprint density at radius 2 is 1.71 bits per heavy atom. The van der Waals surface area contributed by atoms with Crippen LogP contribution in [0.4, 0.5) is 0 Å². The molecule has 5 nitrogen and oxygen atoms in total. The van der Waals surface area contributed by atoms with Crippen LogP contribution in [0, 0.1) is 11.8 Å². The number of hydrogen-bond donors (Lipinski definition) is 2. The van der Waals surface area contributed by atoms with Crippen molar-refractivity contribution in [3.63, 3.8) is 0 Å². The van der Waals surface area contributed by atoms with Gasteiger partial charge in [-0.2, -0.15) is 0 Å². The molecule has 0 bridgehead atoms. The van der Waals surface area contributed by atoms with Gasteiger partial charge < -0.3 is 10.8 Å². The van der Waals surface area contributed by atoms with Crippen molar-refractivity contribution < 1.29 is 13.5 Å². The topological polar surface area (TPSA) is 83.6 Å². The molecule has 0 aromatic rings. The molecular formula is C13H24Cl2N2O3S. The lowest BCUT2D eigenvalue weighted by atomic mass is 9.74. The number of rotatable bonds is 3. The third-order valence-corrected chi connectivity index (χ3v) is 7.25. The van der Waals surface area contributed by atoms with E-state index < -0.39 is 16.1 Å². The van der Waals surface area contributed by atoms with Gasteiger partial charge in [0.2, 0.25) is 10.0 Å². The molecule has 5 atom stereocenters. The molecule has 0 spiro atoms. The van der Waals surface area contributed by atoms with Crippen LogP contribution in [-0.2, 0) is 10.0 Å². The second kappa shape index (κ2) is 6.89. The third-order valence-electron chi connectivity index (χ3n) is 4.86. The molecule has 0 aromatic heterocycles. The minimum atomic E-state index is -3.12. The Hall–Kier alpha value is 0.410. The molecular weight excluding hydrogens is 335 g/mol. The molecule has 0 amide bonds. The second-order valence-electron chi connectivity index (χ2n) is 6.31. The Labute approximate surface area is 136 Å². The smallest absolute Gasteiger partial charge is 0.211 e. The van der Waals surface area contributed by atoms with E-state index in [0.29, 0.717) is 25.9 Å². The van der Waals surface area contributed by atoms with E-state index in [1.165, 1.54) is 10.6 Å². The van der Waals surface area contributed by atoms with Gasteiger partial charge >= 0.3 is 0 Å². The van der Waals surface area contributed by atoms with Crippen molar-refractivity contribution in [1.82, 2.24) is 4.31 Å². The van der Waals surface area contributed by atoms with E-state index in [9.17, 15) is 13.5 Å². The first-order valence-electron chi connectivity index (χ1n) is 7.37. The monoisotopic (exact) mass is 358 g/mol. The summed E-state index contributed by atoms with van der Waals surface area (Å²) >= 11 is 12.3. The van der Waals surface area contributed by atoms with E-state index in [-0.39, 0.29) is 28.6 Å². The molecule has 8 heteroatoms. The van der Waals surface area contributed by atoms with Gasteiger partial charge in [-0.15, -0.1) is 23.2 Å². The molecule has 2 aliphatic rings. The van der Waals surface area contributed by atoms with E-state index >= 15 is 0 Å². The fraction of sp³-hybridized carbons (Fsp3) is 1.00. The molecule has 1 aliphatic carbocycles. The van der Waals surface area contributed by atoms with Crippen LogP contribution in [-0.4, -0.2) is 60.1 Å². The molecule has 124 valence electrons. The Morgan fingerprint density at radius 3 is 2.24 bits per heavy atom. The molecule has 5 unspecified atom stereocenters. The van der Waals surface area contributed by atoms with Crippen LogP contribution in [0.25, 0.3) is 0 Å². The summed E-state index contributed by atoms with van der Waals surface area (Å²) in [6.07, 6.45) is 3.26. The van der Waals surface area contributed by atoms with Gasteiger partial charge in [-0.05, 0) is 31.6 Å². The van der Waals surface area contributed by atoms with Crippen molar-refractivity contribution in [2.24, 2.45) is 17.6 Å². The molecule has 1 saturated heterocycles. The Bertz CT molecular complexity index is 454. The van der Waals surface area contributed by atoms with E-state index in [0.717, 1.165) is 12.8 Å². The summed E-state index contributed by atoms with van der Waals surface area (Å²) in [6.45, 7) is 1.00. The van der Waals surface area contributed by atoms with Gasteiger partial charge in [-0.3, -0.25) is 0 Å². The molecule has 2 fully saturated rings. The number of aliphatic hydroxyl groups excluding tert-OH is 1. The lowest BCUT2D eigenvalue weighted by Gasteiger charge is -2.42. The van der Waals surface area contributed by atoms with Crippen LogP contribution in [0.2, 0.25) is 0 Å². The Kier molecular flexibility index (Phi) is 5.83. The molecule has 21 heavy (non-hydrogen) atoms. The van der Waals surface area contributed by atoms with E-state index in [2.05, 4.69) is 0 Å². The number of halogens is 2. The number of nitrogens with two attached hydrogens (primary N) is 1. The standard InChI is InChI=1S/C13H24Cl2N2O3S/c1-21(19,20)17-4-2-8(3-5-17)13(16)9-6-10(14)11(15)7-12(9)18/h8-13,18H,2-7,16H2,1H3. The highest BCUT2D eigenvalue weighted by Gasteiger charge is 2.40. The summed E-state index contributed by atoms with van der Waals surface area (Å²) in [4.78, 5) is 0. The Morgan fingerprint density at radius 1 is 1.19 bits per heavy atom. The summed E-state index contributed by atoms with van der Waals surface area (Å²) in [5.41, 5.74) is 6.35. The van der Waals surface area contributed by atoms with Gasteiger partial charge in [0.05, 0.1) is 23.1 Å². The fourth-order valence-electron chi connectivity index (χ4n) is 3.47. The highest BCUT2D eigenvalue weighted by atomic mass is 35.5. The molecule has 2 rings (SSSR count). The number of alkyl halides is 2. The quantitative estimate of drug-likeness (QED) is 0.736. The van der Waals surface area contributed by atoms with Crippen LogP contribution in [0.5, 0.6) is 0 Å². The maximum atomic E-state index is 11.5. The SMILES string of the molecule is CS(=O)(=O)N1CCC(C(N)C2CC(Cl)C(Cl)CC2O)CC1. The minimum Gasteiger partial charge on any atom is -0.393 e. The van der Waals surface area contributed by atoms with Crippen molar-refractivity contribution in [2.75, 3.05) is 19.3 Å². The Balaban J connectivity index is 1.94. The predicted molar refractivity (Wildman–Crippen MR) is 85.1 cm³/mol. The average Bonchev–Trinajstić information content (AvgIpc) is 2.41. The highest BCUT2D eigenvalue weighted by Crippen LogP contribution is 2.37. The van der Waals surface area contributed by atoms with Gasteiger partial charge in [0.1, 0.15) is 0 Å². The van der Waals surface area contributed by atoms with Gasteiger partial charge in [0.15, 0.2) is 0 Å². The maximum Gasteiger partial charge on any atom is 0.211 e. The zero-order chi connectivity index (χ0) is 15.8.